The molecule has 0 fully saturated rings. The highest BCUT2D eigenvalue weighted by Gasteiger charge is 2.31. The van der Waals surface area contributed by atoms with Crippen LogP contribution >= 0.6 is 0 Å². The fourth-order valence-corrected chi connectivity index (χ4v) is 3.27. The molecule has 164 valence electrons. The van der Waals surface area contributed by atoms with Crippen molar-refractivity contribution in [3.63, 3.8) is 0 Å². The van der Waals surface area contributed by atoms with Crippen LogP contribution in [0.1, 0.15) is 0 Å². The Morgan fingerprint density at radius 3 is 1.36 bits per heavy atom. The van der Waals surface area contributed by atoms with Crippen LogP contribution in [0.15, 0.2) is 4.99 Å². The maximum Gasteiger partial charge on any atom is 0.171 e. The largest absolute Gasteiger partial charge is 0.295 e. The Balaban J connectivity index is 2.89. The number of halogens is 8. The Kier molecular flexibility index (Phi) is 5.76. The molecule has 0 heterocycles. The fourth-order valence-electron chi connectivity index (χ4n) is 3.27. The molecule has 0 saturated carbocycles. The maximum absolute atomic E-state index is 15.1. The van der Waals surface area contributed by atoms with Gasteiger partial charge in [0.25, 0.3) is 0 Å². The van der Waals surface area contributed by atoms with Crippen molar-refractivity contribution < 1.29 is 35.1 Å². The lowest BCUT2D eigenvalue weighted by Gasteiger charge is -2.13. The smallest absolute Gasteiger partial charge is 0.171 e. The van der Waals surface area contributed by atoms with E-state index in [0.29, 0.717) is 6.21 Å². The second kappa shape index (κ2) is 8.21. The summed E-state index contributed by atoms with van der Waals surface area (Å²) in [6, 6.07) is 3.34. The van der Waals surface area contributed by atoms with Crippen LogP contribution in [0.4, 0.5) is 35.1 Å². The van der Waals surface area contributed by atoms with Gasteiger partial charge in [0.15, 0.2) is 23.3 Å². The Morgan fingerprint density at radius 2 is 0.970 bits per heavy atom. The Labute approximate surface area is 177 Å². The molecule has 0 aliphatic carbocycles. The second-order valence-electron chi connectivity index (χ2n) is 6.27. The van der Waals surface area contributed by atoms with Crippen molar-refractivity contribution in [3.05, 3.63) is 57.0 Å². The Morgan fingerprint density at radius 1 is 0.576 bits per heavy atom. The van der Waals surface area contributed by atoms with Gasteiger partial charge in [0.2, 0.25) is 0 Å². The van der Waals surface area contributed by atoms with E-state index in [1.165, 1.54) is 6.07 Å². The predicted molar refractivity (Wildman–Crippen MR) is 98.4 cm³/mol. The van der Waals surface area contributed by atoms with E-state index in [0.717, 1.165) is 19.2 Å². The Hall–Kier alpha value is -4.50. The van der Waals surface area contributed by atoms with Crippen molar-refractivity contribution in [1.82, 2.24) is 0 Å². The molecule has 3 aromatic carbocycles. The normalized spacial score (nSPS) is 12.1. The van der Waals surface area contributed by atoms with Crippen LogP contribution in [-0.2, 0) is 0 Å². The summed E-state index contributed by atoms with van der Waals surface area (Å²) in [7, 11) is 1.07. The monoisotopic (exact) mass is 464 g/mol. The summed E-state index contributed by atoms with van der Waals surface area (Å²) >= 11 is 0. The number of nitriles is 3. The minimum Gasteiger partial charge on any atom is -0.295 e. The summed E-state index contributed by atoms with van der Waals surface area (Å²) in [6.45, 7) is 0. The number of hydrogen-bond donors (Lipinski definition) is 0. The van der Waals surface area contributed by atoms with Gasteiger partial charge in [-0.05, 0) is 0 Å². The van der Waals surface area contributed by atoms with Gasteiger partial charge in [0.05, 0.1) is 37.6 Å². The molecule has 0 aliphatic heterocycles. The highest BCUT2D eigenvalue weighted by Crippen LogP contribution is 2.36. The van der Waals surface area contributed by atoms with E-state index < -0.39 is 89.7 Å². The second-order valence-corrected chi connectivity index (χ2v) is 6.27. The van der Waals surface area contributed by atoms with Crippen molar-refractivity contribution in [3.8, 4) is 18.2 Å². The van der Waals surface area contributed by atoms with E-state index >= 15 is 13.2 Å². The van der Waals surface area contributed by atoms with Crippen LogP contribution in [0, 0.1) is 80.5 Å². The zero-order valence-corrected chi connectivity index (χ0v) is 15.9. The lowest BCUT2D eigenvalue weighted by molar-refractivity contribution is 0.483. The molecule has 4 nitrogen and oxygen atoms in total. The van der Waals surface area contributed by atoms with Gasteiger partial charge in [-0.15, -0.1) is 0 Å². The summed E-state index contributed by atoms with van der Waals surface area (Å²) < 4.78 is 119. The van der Waals surface area contributed by atoms with E-state index in [-0.39, 0.29) is 0 Å². The van der Waals surface area contributed by atoms with Gasteiger partial charge < -0.3 is 0 Å². The third-order valence-corrected chi connectivity index (χ3v) is 4.64. The van der Waals surface area contributed by atoms with Gasteiger partial charge in [-0.2, -0.15) is 15.8 Å². The minimum atomic E-state index is -2.33. The molecule has 0 bridgehead atoms. The van der Waals surface area contributed by atoms with E-state index in [4.69, 9.17) is 15.8 Å². The summed E-state index contributed by atoms with van der Waals surface area (Å²) in [6.07, 6.45) is 0.579. The lowest BCUT2D eigenvalue weighted by atomic mass is 9.96. The van der Waals surface area contributed by atoms with Gasteiger partial charge in [0.1, 0.15) is 47.0 Å². The molecule has 0 amide bonds. The van der Waals surface area contributed by atoms with Crippen LogP contribution in [0.3, 0.4) is 0 Å². The zero-order valence-electron chi connectivity index (χ0n) is 15.9. The summed E-state index contributed by atoms with van der Waals surface area (Å²) in [5, 5.41) is 16.4. The van der Waals surface area contributed by atoms with E-state index in [2.05, 4.69) is 4.99 Å². The van der Waals surface area contributed by atoms with E-state index in [1.807, 2.05) is 0 Å². The minimum absolute atomic E-state index is 0.579. The average molecular weight is 464 g/mol. The van der Waals surface area contributed by atoms with Crippen LogP contribution in [0.25, 0.3) is 32.7 Å². The fraction of sp³-hybridized carbons (Fsp3) is 0.0476. The number of hydrogen-bond acceptors (Lipinski definition) is 4. The number of rotatable bonds is 1. The maximum atomic E-state index is 15.1. The van der Waals surface area contributed by atoms with Crippen LogP contribution < -0.4 is 10.4 Å². The molecular formula is C21H4F8N4. The molecule has 0 saturated heterocycles. The first-order chi connectivity index (χ1) is 15.6. The molecule has 12 heteroatoms. The SMILES string of the molecule is C/N=C/C(C#N)=c1\c(F)c(F)c2c(F)c3c(F)c(=C(C#N)C#N)c(F)c(F)c3c(F)c2c1F. The third-order valence-electron chi connectivity index (χ3n) is 4.64. The van der Waals surface area contributed by atoms with Gasteiger partial charge in [0, 0.05) is 13.3 Å². The first kappa shape index (κ1) is 23.2. The molecule has 0 aromatic heterocycles. The van der Waals surface area contributed by atoms with E-state index in [9.17, 15) is 22.0 Å². The van der Waals surface area contributed by atoms with Crippen LogP contribution in [0.5, 0.6) is 0 Å². The van der Waals surface area contributed by atoms with Crippen LogP contribution in [-0.4, -0.2) is 13.3 Å². The molecule has 33 heavy (non-hydrogen) atoms. The predicted octanol–water partition coefficient (Wildman–Crippen LogP) is 3.68. The number of benzene rings is 3. The number of fused-ring (bicyclic) bond motifs is 2. The van der Waals surface area contributed by atoms with Crippen molar-refractivity contribution in [1.29, 1.82) is 15.8 Å². The number of nitrogens with zero attached hydrogens (tertiary/aromatic N) is 4. The molecule has 0 radical (unpaired) electrons. The summed E-state index contributed by atoms with van der Waals surface area (Å²) in [4.78, 5) is 3.32. The molecule has 0 N–H and O–H groups in total. The van der Waals surface area contributed by atoms with Gasteiger partial charge in [-0.25, -0.2) is 35.1 Å². The molecule has 0 spiro atoms. The molecule has 0 unspecified atom stereocenters. The first-order valence-corrected chi connectivity index (χ1v) is 8.43. The van der Waals surface area contributed by atoms with Crippen LogP contribution in [0.2, 0.25) is 0 Å². The van der Waals surface area contributed by atoms with E-state index in [1.54, 1.807) is 0 Å². The molecule has 0 aliphatic rings. The third kappa shape index (κ3) is 3.06. The summed E-state index contributed by atoms with van der Waals surface area (Å²) in [5.41, 5.74) is -2.32. The van der Waals surface area contributed by atoms with Gasteiger partial charge in [-0.1, -0.05) is 0 Å². The van der Waals surface area contributed by atoms with Crippen molar-refractivity contribution in [2.75, 3.05) is 7.05 Å². The molecule has 0 atom stereocenters. The first-order valence-electron chi connectivity index (χ1n) is 8.43. The van der Waals surface area contributed by atoms with Crippen molar-refractivity contribution in [2.24, 2.45) is 4.99 Å². The standard InChI is InChI=1S/C21H4F8N4/c1-33-5-7(4-32)9-15(23)11-13(21(29)19(9)27)16(24)10-12(17(11)25)20(28)18(26)8(14(10)22)6(2-30)3-31/h5H,1H3/b9-7-,33-5+. The Bertz CT molecular complexity index is 1670. The highest BCUT2D eigenvalue weighted by atomic mass is 19.2. The molecule has 3 aromatic rings. The van der Waals surface area contributed by atoms with Crippen molar-refractivity contribution in [2.45, 2.75) is 0 Å². The quantitative estimate of drug-likeness (QED) is 0.239. The van der Waals surface area contributed by atoms with Gasteiger partial charge in [-0.3, -0.25) is 4.99 Å². The lowest BCUT2D eigenvalue weighted by Crippen LogP contribution is -2.23. The molecular weight excluding hydrogens is 460 g/mol. The number of aliphatic imine (C=N–C) groups is 1. The highest BCUT2D eigenvalue weighted by molar-refractivity contribution is 6.09. The van der Waals surface area contributed by atoms with Gasteiger partial charge >= 0.3 is 0 Å². The van der Waals surface area contributed by atoms with Crippen molar-refractivity contribution >= 4 is 38.9 Å². The topological polar surface area (TPSA) is 83.7 Å². The average Bonchev–Trinajstić information content (AvgIpc) is 2.79. The summed E-state index contributed by atoms with van der Waals surface area (Å²) in [5.74, 6) is -17.7. The zero-order chi connectivity index (χ0) is 24.8. The molecule has 3 rings (SSSR count).